The van der Waals surface area contributed by atoms with Crippen molar-refractivity contribution in [1.82, 2.24) is 14.5 Å². The van der Waals surface area contributed by atoms with E-state index in [9.17, 15) is 0 Å². The number of oxime groups is 1. The number of nitrogens with two attached hydrogens (primary N) is 1. The summed E-state index contributed by atoms with van der Waals surface area (Å²) in [4.78, 5) is 8.30. The second kappa shape index (κ2) is 5.17. The van der Waals surface area contributed by atoms with E-state index in [2.05, 4.69) is 15.1 Å². The molecule has 0 amide bonds. The van der Waals surface area contributed by atoms with Gasteiger partial charge in [0.1, 0.15) is 5.82 Å². The Bertz CT molecular complexity index is 564. The molecule has 3 N–H and O–H groups in total. The molecular formula is C11H13N5O2. The Balaban J connectivity index is 2.43. The zero-order valence-corrected chi connectivity index (χ0v) is 9.82. The number of amidine groups is 1. The molecule has 2 aromatic rings. The topological polar surface area (TPSA) is 98.6 Å². The van der Waals surface area contributed by atoms with Gasteiger partial charge in [-0.1, -0.05) is 11.2 Å². The predicted molar refractivity (Wildman–Crippen MR) is 65.0 cm³/mol. The van der Waals surface area contributed by atoms with Gasteiger partial charge in [0.2, 0.25) is 11.7 Å². The number of hydrogen-bond donors (Lipinski definition) is 2. The molecule has 0 spiro atoms. The summed E-state index contributed by atoms with van der Waals surface area (Å²) in [5.74, 6) is 1.33. The van der Waals surface area contributed by atoms with Gasteiger partial charge in [-0.15, -0.1) is 0 Å². The highest BCUT2D eigenvalue weighted by Crippen LogP contribution is 2.13. The molecule has 0 saturated carbocycles. The molecule has 0 atom stereocenters. The standard InChI is InChI=1S/C11H13N5O2/c1-2-18-9-5-3-4-8(14-9)16-7-6-13-11(16)10(12)15-17/h3-7,17H,2H2,1H3,(H2,12,15). The van der Waals surface area contributed by atoms with Crippen LogP contribution in [-0.2, 0) is 0 Å². The van der Waals surface area contributed by atoms with E-state index in [1.54, 1.807) is 29.1 Å². The minimum atomic E-state index is -0.0800. The molecule has 0 aliphatic carbocycles. The van der Waals surface area contributed by atoms with Crippen LogP contribution in [0.5, 0.6) is 5.88 Å². The van der Waals surface area contributed by atoms with E-state index < -0.39 is 0 Å². The molecule has 0 aromatic carbocycles. The van der Waals surface area contributed by atoms with Crippen LogP contribution in [0.4, 0.5) is 0 Å². The highest BCUT2D eigenvalue weighted by atomic mass is 16.5. The van der Waals surface area contributed by atoms with Crippen molar-refractivity contribution in [3.63, 3.8) is 0 Å². The maximum absolute atomic E-state index is 8.68. The SMILES string of the molecule is CCOc1cccc(-n2ccnc2C(N)=NO)n1. The van der Waals surface area contributed by atoms with Gasteiger partial charge in [-0.05, 0) is 13.0 Å². The maximum Gasteiger partial charge on any atom is 0.215 e. The Kier molecular flexibility index (Phi) is 3.42. The lowest BCUT2D eigenvalue weighted by molar-refractivity contribution is 0.318. The van der Waals surface area contributed by atoms with Crippen LogP contribution in [0.15, 0.2) is 35.7 Å². The lowest BCUT2D eigenvalue weighted by atomic mass is 10.4. The van der Waals surface area contributed by atoms with Crippen LogP contribution in [0.3, 0.4) is 0 Å². The van der Waals surface area contributed by atoms with Gasteiger partial charge in [-0.3, -0.25) is 4.57 Å². The Morgan fingerprint density at radius 3 is 3.11 bits per heavy atom. The van der Waals surface area contributed by atoms with Crippen molar-refractivity contribution in [3.8, 4) is 11.7 Å². The van der Waals surface area contributed by atoms with Crippen molar-refractivity contribution in [2.75, 3.05) is 6.61 Å². The number of aromatic nitrogens is 3. The largest absolute Gasteiger partial charge is 0.478 e. The summed E-state index contributed by atoms with van der Waals surface area (Å²) in [5, 5.41) is 11.6. The number of ether oxygens (including phenoxy) is 1. The van der Waals surface area contributed by atoms with Crippen molar-refractivity contribution in [3.05, 3.63) is 36.4 Å². The summed E-state index contributed by atoms with van der Waals surface area (Å²) in [6.45, 7) is 2.42. The minimum absolute atomic E-state index is 0.0800. The quantitative estimate of drug-likeness (QED) is 0.359. The van der Waals surface area contributed by atoms with E-state index in [1.807, 2.05) is 13.0 Å². The van der Waals surface area contributed by atoms with Crippen molar-refractivity contribution >= 4 is 5.84 Å². The van der Waals surface area contributed by atoms with Crippen molar-refractivity contribution < 1.29 is 9.94 Å². The van der Waals surface area contributed by atoms with Crippen LogP contribution in [-0.4, -0.2) is 32.2 Å². The van der Waals surface area contributed by atoms with Gasteiger partial charge < -0.3 is 15.7 Å². The van der Waals surface area contributed by atoms with E-state index in [4.69, 9.17) is 15.7 Å². The van der Waals surface area contributed by atoms with E-state index in [1.165, 1.54) is 0 Å². The molecule has 18 heavy (non-hydrogen) atoms. The smallest absolute Gasteiger partial charge is 0.215 e. The molecule has 94 valence electrons. The monoisotopic (exact) mass is 247 g/mol. The minimum Gasteiger partial charge on any atom is -0.478 e. The molecule has 2 rings (SSSR count). The zero-order valence-electron chi connectivity index (χ0n) is 9.82. The first-order valence-corrected chi connectivity index (χ1v) is 5.37. The molecule has 7 nitrogen and oxygen atoms in total. The summed E-state index contributed by atoms with van der Waals surface area (Å²) in [7, 11) is 0. The van der Waals surface area contributed by atoms with Gasteiger partial charge in [-0.25, -0.2) is 4.98 Å². The summed E-state index contributed by atoms with van der Waals surface area (Å²) in [5.41, 5.74) is 5.53. The second-order valence-corrected chi connectivity index (χ2v) is 3.37. The Morgan fingerprint density at radius 2 is 2.39 bits per heavy atom. The van der Waals surface area contributed by atoms with E-state index >= 15 is 0 Å². The molecular weight excluding hydrogens is 234 g/mol. The van der Waals surface area contributed by atoms with Gasteiger partial charge in [0.15, 0.2) is 5.82 Å². The van der Waals surface area contributed by atoms with Gasteiger partial charge in [0.05, 0.1) is 6.61 Å². The first-order valence-electron chi connectivity index (χ1n) is 5.37. The molecule has 0 aliphatic heterocycles. The van der Waals surface area contributed by atoms with Crippen LogP contribution < -0.4 is 10.5 Å². The molecule has 0 unspecified atom stereocenters. The third-order valence-corrected chi connectivity index (χ3v) is 2.23. The fourth-order valence-electron chi connectivity index (χ4n) is 1.49. The van der Waals surface area contributed by atoms with Crippen LogP contribution in [0.25, 0.3) is 5.82 Å². The number of pyridine rings is 1. The molecule has 2 heterocycles. The Hall–Kier alpha value is -2.57. The lowest BCUT2D eigenvalue weighted by Gasteiger charge is -2.07. The van der Waals surface area contributed by atoms with Crippen molar-refractivity contribution in [2.24, 2.45) is 10.9 Å². The Morgan fingerprint density at radius 1 is 1.56 bits per heavy atom. The molecule has 0 bridgehead atoms. The summed E-state index contributed by atoms with van der Waals surface area (Å²) in [6, 6.07) is 5.34. The first kappa shape index (κ1) is 11.9. The highest BCUT2D eigenvalue weighted by Gasteiger charge is 2.10. The molecule has 0 radical (unpaired) electrons. The molecule has 7 heteroatoms. The Labute approximate surface area is 104 Å². The average molecular weight is 247 g/mol. The van der Waals surface area contributed by atoms with Gasteiger partial charge in [0.25, 0.3) is 0 Å². The van der Waals surface area contributed by atoms with Gasteiger partial charge in [0, 0.05) is 18.5 Å². The molecule has 2 aromatic heterocycles. The van der Waals surface area contributed by atoms with Crippen LogP contribution in [0, 0.1) is 0 Å². The number of rotatable bonds is 4. The van der Waals surface area contributed by atoms with E-state index in [-0.39, 0.29) is 5.84 Å². The third kappa shape index (κ3) is 2.24. The lowest BCUT2D eigenvalue weighted by Crippen LogP contribution is -2.19. The zero-order chi connectivity index (χ0) is 13.0. The first-order chi connectivity index (χ1) is 8.76. The molecule has 0 aliphatic rings. The molecule has 0 fully saturated rings. The maximum atomic E-state index is 8.68. The third-order valence-electron chi connectivity index (χ3n) is 2.23. The fraction of sp³-hybridized carbons (Fsp3) is 0.182. The van der Waals surface area contributed by atoms with Gasteiger partial charge in [-0.2, -0.15) is 4.98 Å². The molecule has 0 saturated heterocycles. The normalized spacial score (nSPS) is 11.5. The average Bonchev–Trinajstić information content (AvgIpc) is 2.88. The fourth-order valence-corrected chi connectivity index (χ4v) is 1.49. The number of hydrogen-bond acceptors (Lipinski definition) is 5. The van der Waals surface area contributed by atoms with E-state index in [0.717, 1.165) is 0 Å². The van der Waals surface area contributed by atoms with Gasteiger partial charge >= 0.3 is 0 Å². The van der Waals surface area contributed by atoms with Crippen molar-refractivity contribution in [2.45, 2.75) is 6.92 Å². The van der Waals surface area contributed by atoms with Crippen LogP contribution in [0.2, 0.25) is 0 Å². The highest BCUT2D eigenvalue weighted by molar-refractivity contribution is 5.94. The second-order valence-electron chi connectivity index (χ2n) is 3.37. The predicted octanol–water partition coefficient (Wildman–Crippen LogP) is 0.760. The number of imidazole rings is 1. The number of nitrogens with zero attached hydrogens (tertiary/aromatic N) is 4. The summed E-state index contributed by atoms with van der Waals surface area (Å²) in [6.07, 6.45) is 3.22. The van der Waals surface area contributed by atoms with E-state index in [0.29, 0.717) is 24.1 Å². The van der Waals surface area contributed by atoms with Crippen LogP contribution in [0.1, 0.15) is 12.7 Å². The van der Waals surface area contributed by atoms with Crippen molar-refractivity contribution in [1.29, 1.82) is 0 Å². The summed E-state index contributed by atoms with van der Waals surface area (Å²) >= 11 is 0. The summed E-state index contributed by atoms with van der Waals surface area (Å²) < 4.78 is 6.92. The van der Waals surface area contributed by atoms with Crippen LogP contribution >= 0.6 is 0 Å².